The first kappa shape index (κ1) is 15.1. The smallest absolute Gasteiger partial charge is 0.407 e. The van der Waals surface area contributed by atoms with Crippen molar-refractivity contribution in [1.82, 2.24) is 4.90 Å². The van der Waals surface area contributed by atoms with Gasteiger partial charge in [0.15, 0.2) is 0 Å². The molecule has 0 saturated carbocycles. The first-order valence-corrected chi connectivity index (χ1v) is 6.42. The topological polar surface area (TPSA) is 85.3 Å². The highest BCUT2D eigenvalue weighted by Gasteiger charge is 2.26. The Morgan fingerprint density at radius 3 is 2.76 bits per heavy atom. The number of hydrogen-bond acceptors (Lipinski definition) is 5. The van der Waals surface area contributed by atoms with Crippen LogP contribution in [0.3, 0.4) is 0 Å². The van der Waals surface area contributed by atoms with Gasteiger partial charge in [0, 0.05) is 6.54 Å². The molecule has 0 aliphatic carbocycles. The summed E-state index contributed by atoms with van der Waals surface area (Å²) in [7, 11) is 2.75. The number of methoxy groups -OCH3 is 2. The number of ether oxygens (including phenoxy) is 3. The summed E-state index contributed by atoms with van der Waals surface area (Å²) in [5.41, 5.74) is 1.07. The van der Waals surface area contributed by atoms with Crippen LogP contribution in [-0.4, -0.2) is 56.0 Å². The highest BCUT2D eigenvalue weighted by Crippen LogP contribution is 2.28. The average molecular weight is 295 g/mol. The van der Waals surface area contributed by atoms with Crippen molar-refractivity contribution in [3.05, 3.63) is 29.3 Å². The number of carbonyl (C=O) groups is 2. The Labute approximate surface area is 122 Å². The maximum Gasteiger partial charge on any atom is 0.407 e. The largest absolute Gasteiger partial charge is 0.496 e. The SMILES string of the molecule is COC(=O)c1ccc([C@@H]2CN(C(=O)O)CCO2)cc1OC. The Balaban J connectivity index is 2.24. The van der Waals surface area contributed by atoms with Crippen molar-refractivity contribution in [3.63, 3.8) is 0 Å². The number of carbonyl (C=O) groups excluding carboxylic acids is 1. The van der Waals surface area contributed by atoms with E-state index in [0.717, 1.165) is 5.56 Å². The maximum atomic E-state index is 11.6. The number of amides is 1. The minimum Gasteiger partial charge on any atom is -0.496 e. The molecule has 0 bridgehead atoms. The second kappa shape index (κ2) is 6.45. The van der Waals surface area contributed by atoms with Gasteiger partial charge < -0.3 is 24.2 Å². The van der Waals surface area contributed by atoms with Gasteiger partial charge in [0.1, 0.15) is 17.4 Å². The summed E-state index contributed by atoms with van der Waals surface area (Å²) in [5.74, 6) is -0.120. The molecule has 1 fully saturated rings. The summed E-state index contributed by atoms with van der Waals surface area (Å²) >= 11 is 0. The zero-order chi connectivity index (χ0) is 15.4. The maximum absolute atomic E-state index is 11.6. The number of esters is 1. The molecule has 21 heavy (non-hydrogen) atoms. The fourth-order valence-electron chi connectivity index (χ4n) is 2.21. The average Bonchev–Trinajstić information content (AvgIpc) is 2.53. The second-order valence-corrected chi connectivity index (χ2v) is 4.54. The standard InChI is InChI=1S/C14H17NO6/c1-19-11-7-9(3-4-10(11)13(16)20-2)12-8-15(14(17)18)5-6-21-12/h3-4,7,12H,5-6,8H2,1-2H3,(H,17,18)/t12-/m0/s1. The van der Waals surface area contributed by atoms with Crippen LogP contribution in [0.25, 0.3) is 0 Å². The molecule has 7 nitrogen and oxygen atoms in total. The van der Waals surface area contributed by atoms with Crippen molar-refractivity contribution in [2.45, 2.75) is 6.10 Å². The number of carboxylic acid groups (broad SMARTS) is 1. The Hall–Kier alpha value is -2.28. The number of morpholine rings is 1. The summed E-state index contributed by atoms with van der Waals surface area (Å²) in [6.45, 7) is 0.928. The van der Waals surface area contributed by atoms with Gasteiger partial charge in [-0.2, -0.15) is 0 Å². The predicted octanol–water partition coefficient (Wildman–Crippen LogP) is 1.53. The first-order valence-electron chi connectivity index (χ1n) is 6.42. The fourth-order valence-corrected chi connectivity index (χ4v) is 2.21. The van der Waals surface area contributed by atoms with Gasteiger partial charge in [-0.3, -0.25) is 0 Å². The second-order valence-electron chi connectivity index (χ2n) is 4.54. The van der Waals surface area contributed by atoms with E-state index in [4.69, 9.17) is 14.6 Å². The van der Waals surface area contributed by atoms with E-state index >= 15 is 0 Å². The van der Waals surface area contributed by atoms with Crippen LogP contribution in [0.5, 0.6) is 5.75 Å². The van der Waals surface area contributed by atoms with E-state index in [9.17, 15) is 9.59 Å². The lowest BCUT2D eigenvalue weighted by Gasteiger charge is -2.31. The molecule has 0 aromatic heterocycles. The lowest BCUT2D eigenvalue weighted by molar-refractivity contribution is -0.0232. The van der Waals surface area contributed by atoms with Gasteiger partial charge >= 0.3 is 12.1 Å². The summed E-state index contributed by atoms with van der Waals surface area (Å²) < 4.78 is 15.5. The molecule has 1 saturated heterocycles. The normalized spacial score (nSPS) is 18.2. The molecule has 1 N–H and O–H groups in total. The van der Waals surface area contributed by atoms with Crippen molar-refractivity contribution in [3.8, 4) is 5.75 Å². The Morgan fingerprint density at radius 2 is 2.14 bits per heavy atom. The molecule has 7 heteroatoms. The molecular weight excluding hydrogens is 278 g/mol. The van der Waals surface area contributed by atoms with Crippen LogP contribution in [0.15, 0.2) is 18.2 Å². The van der Waals surface area contributed by atoms with Gasteiger partial charge in [0.05, 0.1) is 27.4 Å². The van der Waals surface area contributed by atoms with Crippen LogP contribution in [0.2, 0.25) is 0 Å². The summed E-state index contributed by atoms with van der Waals surface area (Å²) in [5, 5.41) is 9.04. The van der Waals surface area contributed by atoms with Crippen LogP contribution < -0.4 is 4.74 Å². The molecule has 1 heterocycles. The van der Waals surface area contributed by atoms with E-state index in [1.165, 1.54) is 19.1 Å². The minimum absolute atomic E-state index is 0.246. The van der Waals surface area contributed by atoms with Crippen LogP contribution in [0.1, 0.15) is 22.0 Å². The molecule has 1 aliphatic rings. The van der Waals surface area contributed by atoms with E-state index < -0.39 is 12.1 Å². The quantitative estimate of drug-likeness (QED) is 0.851. The molecule has 0 spiro atoms. The molecule has 0 radical (unpaired) electrons. The van der Waals surface area contributed by atoms with Gasteiger partial charge in [-0.05, 0) is 17.7 Å². The predicted molar refractivity (Wildman–Crippen MR) is 72.6 cm³/mol. The van der Waals surface area contributed by atoms with Crippen molar-refractivity contribution < 1.29 is 28.9 Å². The van der Waals surface area contributed by atoms with E-state index in [0.29, 0.717) is 24.5 Å². The highest BCUT2D eigenvalue weighted by atomic mass is 16.5. The number of nitrogens with zero attached hydrogens (tertiary/aromatic N) is 1. The third-order valence-electron chi connectivity index (χ3n) is 3.34. The highest BCUT2D eigenvalue weighted by molar-refractivity contribution is 5.92. The van der Waals surface area contributed by atoms with Crippen molar-refractivity contribution in [2.75, 3.05) is 33.9 Å². The molecule has 114 valence electrons. The lowest BCUT2D eigenvalue weighted by atomic mass is 10.0. The zero-order valence-corrected chi connectivity index (χ0v) is 11.9. The number of rotatable bonds is 3. The number of benzene rings is 1. The van der Waals surface area contributed by atoms with Gasteiger partial charge in [0.25, 0.3) is 0 Å². The lowest BCUT2D eigenvalue weighted by Crippen LogP contribution is -2.41. The fraction of sp³-hybridized carbons (Fsp3) is 0.429. The third-order valence-corrected chi connectivity index (χ3v) is 3.34. The zero-order valence-electron chi connectivity index (χ0n) is 11.9. The third kappa shape index (κ3) is 3.25. The van der Waals surface area contributed by atoms with Crippen molar-refractivity contribution in [1.29, 1.82) is 0 Å². The Morgan fingerprint density at radius 1 is 1.38 bits per heavy atom. The molecule has 0 unspecified atom stereocenters. The molecule has 1 aromatic rings. The van der Waals surface area contributed by atoms with E-state index in [1.54, 1.807) is 18.2 Å². The van der Waals surface area contributed by atoms with Gasteiger partial charge in [-0.15, -0.1) is 0 Å². The molecule has 1 aliphatic heterocycles. The van der Waals surface area contributed by atoms with Crippen molar-refractivity contribution in [2.24, 2.45) is 0 Å². The Kier molecular flexibility index (Phi) is 4.64. The molecule has 1 aromatic carbocycles. The summed E-state index contributed by atoms with van der Waals surface area (Å²) in [4.78, 5) is 23.9. The van der Waals surface area contributed by atoms with Gasteiger partial charge in [-0.1, -0.05) is 6.07 Å². The molecular formula is C14H17NO6. The first-order chi connectivity index (χ1) is 10.1. The summed E-state index contributed by atoms with van der Waals surface area (Å²) in [6.07, 6.45) is -1.35. The van der Waals surface area contributed by atoms with E-state index in [-0.39, 0.29) is 12.6 Å². The van der Waals surface area contributed by atoms with Crippen LogP contribution >= 0.6 is 0 Å². The molecule has 1 atom stereocenters. The monoisotopic (exact) mass is 295 g/mol. The van der Waals surface area contributed by atoms with Gasteiger partial charge in [-0.25, -0.2) is 9.59 Å². The number of hydrogen-bond donors (Lipinski definition) is 1. The minimum atomic E-state index is -0.971. The molecule has 2 rings (SSSR count). The summed E-state index contributed by atoms with van der Waals surface area (Å²) in [6, 6.07) is 4.97. The van der Waals surface area contributed by atoms with Crippen LogP contribution in [0.4, 0.5) is 4.79 Å². The van der Waals surface area contributed by atoms with Gasteiger partial charge in [0.2, 0.25) is 0 Å². The Bertz CT molecular complexity index is 544. The van der Waals surface area contributed by atoms with Crippen LogP contribution in [0, 0.1) is 0 Å². The van der Waals surface area contributed by atoms with Crippen molar-refractivity contribution >= 4 is 12.1 Å². The van der Waals surface area contributed by atoms with Crippen LogP contribution in [-0.2, 0) is 9.47 Å². The van der Waals surface area contributed by atoms with E-state index in [1.807, 2.05) is 0 Å². The molecule has 1 amide bonds. The van der Waals surface area contributed by atoms with E-state index in [2.05, 4.69) is 4.74 Å².